The molecule has 0 aliphatic rings. The van der Waals surface area contributed by atoms with Crippen LogP contribution in [-0.2, 0) is 6.54 Å². The molecule has 0 aliphatic heterocycles. The molecule has 2 heteroatoms. The summed E-state index contributed by atoms with van der Waals surface area (Å²) in [4.78, 5) is 0. The van der Waals surface area contributed by atoms with Crippen LogP contribution in [0.25, 0.3) is 10.9 Å². The molecule has 2 rings (SSSR count). The molecule has 0 aliphatic carbocycles. The zero-order valence-electron chi connectivity index (χ0n) is 9.91. The van der Waals surface area contributed by atoms with E-state index in [2.05, 4.69) is 30.7 Å². The maximum absolute atomic E-state index is 13.2. The highest BCUT2D eigenvalue weighted by atomic mass is 19.1. The van der Waals surface area contributed by atoms with Gasteiger partial charge in [0.15, 0.2) is 0 Å². The molecule has 16 heavy (non-hydrogen) atoms. The van der Waals surface area contributed by atoms with Gasteiger partial charge in [-0.2, -0.15) is 0 Å². The Hall–Kier alpha value is -1.31. The molecular weight excluding hydrogens is 201 g/mol. The quantitative estimate of drug-likeness (QED) is 0.725. The molecule has 86 valence electrons. The van der Waals surface area contributed by atoms with Gasteiger partial charge < -0.3 is 4.57 Å². The van der Waals surface area contributed by atoms with Gasteiger partial charge in [-0.3, -0.25) is 0 Å². The number of rotatable bonds is 4. The Bertz CT molecular complexity index is 469. The fourth-order valence-corrected chi connectivity index (χ4v) is 2.14. The van der Waals surface area contributed by atoms with Crippen LogP contribution < -0.4 is 0 Å². The molecule has 0 unspecified atom stereocenters. The van der Waals surface area contributed by atoms with Crippen molar-refractivity contribution >= 4 is 10.9 Å². The monoisotopic (exact) mass is 219 g/mol. The number of hydrogen-bond donors (Lipinski definition) is 0. The summed E-state index contributed by atoms with van der Waals surface area (Å²) in [6.45, 7) is 5.40. The van der Waals surface area contributed by atoms with Crippen LogP contribution in [0.5, 0.6) is 0 Å². The van der Waals surface area contributed by atoms with Crippen molar-refractivity contribution < 1.29 is 4.39 Å². The summed E-state index contributed by atoms with van der Waals surface area (Å²) in [6, 6.07) is 7.03. The van der Waals surface area contributed by atoms with Crippen molar-refractivity contribution in [3.05, 3.63) is 36.3 Å². The highest BCUT2D eigenvalue weighted by Crippen LogP contribution is 2.20. The first-order valence-electron chi connectivity index (χ1n) is 5.99. The van der Waals surface area contributed by atoms with E-state index in [-0.39, 0.29) is 5.82 Å². The van der Waals surface area contributed by atoms with E-state index in [9.17, 15) is 4.39 Å². The van der Waals surface area contributed by atoms with E-state index >= 15 is 0 Å². The number of hydrogen-bond acceptors (Lipinski definition) is 0. The van der Waals surface area contributed by atoms with Gasteiger partial charge in [-0.25, -0.2) is 4.39 Å². The standard InChI is InChI=1S/C14H18FN/c1-3-11(4-2)10-16-8-7-12-5-6-13(15)9-14(12)16/h5-9,11H,3-4,10H2,1-2H3. The summed E-state index contributed by atoms with van der Waals surface area (Å²) in [7, 11) is 0. The van der Waals surface area contributed by atoms with E-state index in [0.717, 1.165) is 17.4 Å². The molecule has 0 fully saturated rings. The fraction of sp³-hybridized carbons (Fsp3) is 0.429. The van der Waals surface area contributed by atoms with Crippen LogP contribution in [0, 0.1) is 11.7 Å². The summed E-state index contributed by atoms with van der Waals surface area (Å²) in [5.74, 6) is 0.524. The minimum Gasteiger partial charge on any atom is -0.347 e. The Balaban J connectivity index is 2.33. The van der Waals surface area contributed by atoms with Crippen LogP contribution in [0.2, 0.25) is 0 Å². The summed E-state index contributed by atoms with van der Waals surface area (Å²) in [5, 5.41) is 1.12. The molecule has 0 spiro atoms. The summed E-state index contributed by atoms with van der Waals surface area (Å²) >= 11 is 0. The van der Waals surface area contributed by atoms with Crippen molar-refractivity contribution in [2.24, 2.45) is 5.92 Å². The molecule has 0 bridgehead atoms. The number of halogens is 1. The predicted molar refractivity (Wildman–Crippen MR) is 66.0 cm³/mol. The van der Waals surface area contributed by atoms with Crippen LogP contribution in [0.1, 0.15) is 26.7 Å². The molecule has 0 amide bonds. The largest absolute Gasteiger partial charge is 0.347 e. The van der Waals surface area contributed by atoms with Gasteiger partial charge in [0.05, 0.1) is 5.52 Å². The first-order valence-corrected chi connectivity index (χ1v) is 5.99. The van der Waals surface area contributed by atoms with Gasteiger partial charge in [-0.05, 0) is 35.6 Å². The van der Waals surface area contributed by atoms with Gasteiger partial charge in [-0.1, -0.05) is 26.7 Å². The maximum Gasteiger partial charge on any atom is 0.125 e. The van der Waals surface area contributed by atoms with Gasteiger partial charge in [0.2, 0.25) is 0 Å². The normalized spacial score (nSPS) is 11.5. The van der Waals surface area contributed by atoms with E-state index in [1.807, 2.05) is 6.07 Å². The average molecular weight is 219 g/mol. The predicted octanol–water partition coefficient (Wildman–Crippen LogP) is 4.22. The number of fused-ring (bicyclic) bond motifs is 1. The Kier molecular flexibility index (Phi) is 3.28. The zero-order chi connectivity index (χ0) is 11.5. The van der Waals surface area contributed by atoms with Gasteiger partial charge in [0.25, 0.3) is 0 Å². The molecule has 0 N–H and O–H groups in total. The van der Waals surface area contributed by atoms with E-state index in [1.54, 1.807) is 6.07 Å². The van der Waals surface area contributed by atoms with Gasteiger partial charge in [0.1, 0.15) is 5.82 Å². The van der Waals surface area contributed by atoms with Crippen molar-refractivity contribution in [2.75, 3.05) is 0 Å². The second kappa shape index (κ2) is 4.69. The number of benzene rings is 1. The SMILES string of the molecule is CCC(CC)Cn1ccc2ccc(F)cc21. The lowest BCUT2D eigenvalue weighted by Gasteiger charge is -2.14. The van der Waals surface area contributed by atoms with E-state index in [4.69, 9.17) is 0 Å². The van der Waals surface area contributed by atoms with Gasteiger partial charge >= 0.3 is 0 Å². The molecule has 0 atom stereocenters. The first kappa shape index (κ1) is 11.2. The number of aromatic nitrogens is 1. The molecule has 1 aromatic heterocycles. The van der Waals surface area contributed by atoms with Crippen molar-refractivity contribution in [3.8, 4) is 0 Å². The Labute approximate surface area is 95.9 Å². The van der Waals surface area contributed by atoms with Crippen molar-refractivity contribution in [1.82, 2.24) is 4.57 Å². The first-order chi connectivity index (χ1) is 7.74. The Morgan fingerprint density at radius 2 is 1.94 bits per heavy atom. The lowest BCUT2D eigenvalue weighted by molar-refractivity contribution is 0.425. The second-order valence-corrected chi connectivity index (χ2v) is 4.35. The third-order valence-electron chi connectivity index (χ3n) is 3.35. The Morgan fingerprint density at radius 1 is 1.19 bits per heavy atom. The lowest BCUT2D eigenvalue weighted by Crippen LogP contribution is -2.07. The smallest absolute Gasteiger partial charge is 0.125 e. The third-order valence-corrected chi connectivity index (χ3v) is 3.35. The lowest BCUT2D eigenvalue weighted by atomic mass is 10.0. The van der Waals surface area contributed by atoms with Gasteiger partial charge in [0, 0.05) is 12.7 Å². The van der Waals surface area contributed by atoms with Crippen LogP contribution in [-0.4, -0.2) is 4.57 Å². The minimum atomic E-state index is -0.156. The second-order valence-electron chi connectivity index (χ2n) is 4.35. The summed E-state index contributed by atoms with van der Waals surface area (Å²) in [6.07, 6.45) is 4.40. The molecule has 0 saturated carbocycles. The molecule has 0 saturated heterocycles. The maximum atomic E-state index is 13.2. The van der Waals surface area contributed by atoms with E-state index < -0.39 is 0 Å². The van der Waals surface area contributed by atoms with E-state index in [0.29, 0.717) is 5.92 Å². The van der Waals surface area contributed by atoms with Crippen LogP contribution in [0.3, 0.4) is 0 Å². The molecule has 1 aromatic carbocycles. The molecule has 1 nitrogen and oxygen atoms in total. The highest BCUT2D eigenvalue weighted by Gasteiger charge is 2.07. The van der Waals surface area contributed by atoms with Crippen LogP contribution in [0.4, 0.5) is 4.39 Å². The fourth-order valence-electron chi connectivity index (χ4n) is 2.14. The third kappa shape index (κ3) is 2.11. The number of nitrogens with zero attached hydrogens (tertiary/aromatic N) is 1. The van der Waals surface area contributed by atoms with Crippen LogP contribution >= 0.6 is 0 Å². The zero-order valence-corrected chi connectivity index (χ0v) is 9.91. The van der Waals surface area contributed by atoms with Crippen molar-refractivity contribution in [1.29, 1.82) is 0 Å². The van der Waals surface area contributed by atoms with E-state index in [1.165, 1.54) is 18.9 Å². The van der Waals surface area contributed by atoms with Crippen molar-refractivity contribution in [3.63, 3.8) is 0 Å². The Morgan fingerprint density at radius 3 is 2.62 bits per heavy atom. The van der Waals surface area contributed by atoms with Crippen LogP contribution in [0.15, 0.2) is 30.5 Å². The van der Waals surface area contributed by atoms with Gasteiger partial charge in [-0.15, -0.1) is 0 Å². The van der Waals surface area contributed by atoms with Crippen molar-refractivity contribution in [2.45, 2.75) is 33.2 Å². The molecule has 1 heterocycles. The molecule has 0 radical (unpaired) electrons. The minimum absolute atomic E-state index is 0.156. The summed E-state index contributed by atoms with van der Waals surface area (Å²) in [5.41, 5.74) is 1.01. The molecular formula is C14H18FN. The highest BCUT2D eigenvalue weighted by molar-refractivity contribution is 5.80. The summed E-state index contributed by atoms with van der Waals surface area (Å²) < 4.78 is 15.3. The topological polar surface area (TPSA) is 4.93 Å². The molecule has 2 aromatic rings. The average Bonchev–Trinajstić information content (AvgIpc) is 2.68.